The Morgan fingerprint density at radius 3 is 2.78 bits per heavy atom. The maximum absolute atomic E-state index is 6.47. The molecule has 0 spiro atoms. The Hall–Kier alpha value is -2.37. The molecule has 4 nitrogen and oxygen atoms in total. The quantitative estimate of drug-likeness (QED) is 0.511. The Balaban J connectivity index is 1.84. The van der Waals surface area contributed by atoms with Crippen molar-refractivity contribution in [2.24, 2.45) is 0 Å². The van der Waals surface area contributed by atoms with Gasteiger partial charge >= 0.3 is 0 Å². The van der Waals surface area contributed by atoms with E-state index >= 15 is 0 Å². The van der Waals surface area contributed by atoms with E-state index in [1.54, 1.807) is 0 Å². The zero-order valence-electron chi connectivity index (χ0n) is 12.2. The SMILES string of the molecule is Cc1c(N)cccc1-c1noc(-c2sc3ccccc3c2Cl)n1. The van der Waals surface area contributed by atoms with E-state index in [0.717, 1.165) is 26.1 Å². The van der Waals surface area contributed by atoms with Crippen molar-refractivity contribution in [1.29, 1.82) is 0 Å². The minimum atomic E-state index is 0.424. The van der Waals surface area contributed by atoms with Crippen LogP contribution in [-0.2, 0) is 0 Å². The van der Waals surface area contributed by atoms with Crippen molar-refractivity contribution in [2.75, 3.05) is 5.73 Å². The summed E-state index contributed by atoms with van der Waals surface area (Å²) in [6.45, 7) is 1.94. The van der Waals surface area contributed by atoms with Crippen LogP contribution in [0.15, 0.2) is 47.0 Å². The van der Waals surface area contributed by atoms with Crippen molar-refractivity contribution in [1.82, 2.24) is 10.1 Å². The van der Waals surface area contributed by atoms with Crippen LogP contribution in [0.1, 0.15) is 5.56 Å². The largest absolute Gasteiger partial charge is 0.398 e. The summed E-state index contributed by atoms with van der Waals surface area (Å²) in [6.07, 6.45) is 0. The molecule has 0 bridgehead atoms. The fraction of sp³-hybridized carbons (Fsp3) is 0.0588. The lowest BCUT2D eigenvalue weighted by Gasteiger charge is -2.03. The van der Waals surface area contributed by atoms with Gasteiger partial charge in [-0.2, -0.15) is 4.98 Å². The maximum Gasteiger partial charge on any atom is 0.269 e. The van der Waals surface area contributed by atoms with Crippen LogP contribution in [0.5, 0.6) is 0 Å². The third-order valence-corrected chi connectivity index (χ3v) is 5.44. The number of halogens is 1. The number of nitrogens with zero attached hydrogens (tertiary/aromatic N) is 2. The lowest BCUT2D eigenvalue weighted by atomic mass is 10.1. The van der Waals surface area contributed by atoms with Crippen molar-refractivity contribution in [3.05, 3.63) is 53.1 Å². The number of hydrogen-bond donors (Lipinski definition) is 1. The number of fused-ring (bicyclic) bond motifs is 1. The molecule has 4 aromatic rings. The van der Waals surface area contributed by atoms with E-state index in [1.165, 1.54) is 11.3 Å². The van der Waals surface area contributed by atoms with Gasteiger partial charge < -0.3 is 10.3 Å². The molecule has 0 atom stereocenters. The molecule has 2 N–H and O–H groups in total. The van der Waals surface area contributed by atoms with E-state index < -0.39 is 0 Å². The van der Waals surface area contributed by atoms with Crippen LogP contribution in [-0.4, -0.2) is 10.1 Å². The van der Waals surface area contributed by atoms with Gasteiger partial charge in [0.05, 0.1) is 5.02 Å². The highest BCUT2D eigenvalue weighted by molar-refractivity contribution is 7.23. The summed E-state index contributed by atoms with van der Waals surface area (Å²) < 4.78 is 6.52. The van der Waals surface area contributed by atoms with Gasteiger partial charge in [-0.05, 0) is 24.6 Å². The van der Waals surface area contributed by atoms with Gasteiger partial charge in [-0.15, -0.1) is 11.3 Å². The molecule has 6 heteroatoms. The Kier molecular flexibility index (Phi) is 3.32. The van der Waals surface area contributed by atoms with Gasteiger partial charge in [-0.3, -0.25) is 0 Å². The molecule has 0 saturated heterocycles. The molecule has 0 amide bonds. The highest BCUT2D eigenvalue weighted by atomic mass is 35.5. The molecule has 114 valence electrons. The molecule has 0 aliphatic rings. The van der Waals surface area contributed by atoms with Crippen molar-refractivity contribution in [2.45, 2.75) is 6.92 Å². The van der Waals surface area contributed by atoms with Crippen LogP contribution in [0.3, 0.4) is 0 Å². The molecular formula is C17H12ClN3OS. The third-order valence-electron chi connectivity index (χ3n) is 3.77. The maximum atomic E-state index is 6.47. The molecule has 0 fully saturated rings. The van der Waals surface area contributed by atoms with Gasteiger partial charge in [0.15, 0.2) is 0 Å². The summed E-state index contributed by atoms with van der Waals surface area (Å²) in [5.74, 6) is 0.936. The Labute approximate surface area is 141 Å². The van der Waals surface area contributed by atoms with Crippen LogP contribution in [0.4, 0.5) is 5.69 Å². The normalized spacial score (nSPS) is 11.2. The van der Waals surface area contributed by atoms with E-state index in [9.17, 15) is 0 Å². The van der Waals surface area contributed by atoms with Crippen LogP contribution in [0.25, 0.3) is 32.2 Å². The first-order chi connectivity index (χ1) is 11.1. The van der Waals surface area contributed by atoms with Crippen LogP contribution >= 0.6 is 22.9 Å². The van der Waals surface area contributed by atoms with E-state index in [4.69, 9.17) is 21.9 Å². The van der Waals surface area contributed by atoms with Crippen LogP contribution in [0, 0.1) is 6.92 Å². The number of benzene rings is 2. The van der Waals surface area contributed by atoms with Crippen LogP contribution < -0.4 is 5.73 Å². The molecule has 4 rings (SSSR count). The lowest BCUT2D eigenvalue weighted by Crippen LogP contribution is -1.92. The summed E-state index contributed by atoms with van der Waals surface area (Å²) in [5, 5.41) is 5.72. The van der Waals surface area contributed by atoms with E-state index in [1.807, 2.05) is 49.4 Å². The van der Waals surface area contributed by atoms with Gasteiger partial charge in [0.2, 0.25) is 5.82 Å². The predicted octanol–water partition coefficient (Wildman–Crippen LogP) is 5.16. The molecule has 0 aliphatic carbocycles. The number of nitrogens with two attached hydrogens (primary N) is 1. The van der Waals surface area contributed by atoms with Gasteiger partial charge in [0.25, 0.3) is 5.89 Å². The topological polar surface area (TPSA) is 64.9 Å². The molecule has 0 unspecified atom stereocenters. The monoisotopic (exact) mass is 341 g/mol. The second-order valence-corrected chi connectivity index (χ2v) is 6.61. The van der Waals surface area contributed by atoms with E-state index in [2.05, 4.69) is 10.1 Å². The fourth-order valence-electron chi connectivity index (χ4n) is 2.47. The minimum absolute atomic E-state index is 0.424. The zero-order chi connectivity index (χ0) is 16.0. The fourth-order valence-corrected chi connectivity index (χ4v) is 3.91. The molecule has 0 saturated carbocycles. The molecular weight excluding hydrogens is 330 g/mol. The van der Waals surface area contributed by atoms with Crippen molar-refractivity contribution < 1.29 is 4.52 Å². The standard InChI is InChI=1S/C17H12ClN3OS/c1-9-10(6-4-7-12(9)19)16-20-17(22-21-16)15-14(18)11-5-2-3-8-13(11)23-15/h2-8H,19H2,1H3. The van der Waals surface area contributed by atoms with Crippen LogP contribution in [0.2, 0.25) is 5.02 Å². The summed E-state index contributed by atoms with van der Waals surface area (Å²) in [4.78, 5) is 5.29. The number of thiophene rings is 1. The molecule has 0 aliphatic heterocycles. The van der Waals surface area contributed by atoms with Crippen molar-refractivity contribution in [3.63, 3.8) is 0 Å². The molecule has 2 aromatic heterocycles. The van der Waals surface area contributed by atoms with E-state index in [0.29, 0.717) is 22.4 Å². The zero-order valence-corrected chi connectivity index (χ0v) is 13.8. The Morgan fingerprint density at radius 1 is 1.13 bits per heavy atom. The summed E-state index contributed by atoms with van der Waals surface area (Å²) in [6, 6.07) is 13.6. The number of anilines is 1. The number of rotatable bonds is 2. The van der Waals surface area contributed by atoms with Crippen molar-refractivity contribution in [3.8, 4) is 22.2 Å². The number of aromatic nitrogens is 2. The molecule has 2 heterocycles. The Bertz CT molecular complexity index is 1020. The van der Waals surface area contributed by atoms with E-state index in [-0.39, 0.29) is 0 Å². The number of hydrogen-bond acceptors (Lipinski definition) is 5. The van der Waals surface area contributed by atoms with Gasteiger partial charge in [-0.25, -0.2) is 0 Å². The summed E-state index contributed by atoms with van der Waals surface area (Å²) in [7, 11) is 0. The minimum Gasteiger partial charge on any atom is -0.398 e. The van der Waals surface area contributed by atoms with Crippen molar-refractivity contribution >= 4 is 38.7 Å². The average molecular weight is 342 g/mol. The molecule has 23 heavy (non-hydrogen) atoms. The molecule has 2 aromatic carbocycles. The predicted molar refractivity (Wildman–Crippen MR) is 94.7 cm³/mol. The first-order valence-corrected chi connectivity index (χ1v) is 8.21. The van der Waals surface area contributed by atoms with Gasteiger partial charge in [0.1, 0.15) is 4.88 Å². The second-order valence-electron chi connectivity index (χ2n) is 5.18. The van der Waals surface area contributed by atoms with Gasteiger partial charge in [-0.1, -0.05) is 47.1 Å². The number of nitrogen functional groups attached to an aromatic ring is 1. The highest BCUT2D eigenvalue weighted by Gasteiger charge is 2.19. The summed E-state index contributed by atoms with van der Waals surface area (Å²) >= 11 is 8.01. The summed E-state index contributed by atoms with van der Waals surface area (Å²) in [5.41, 5.74) is 8.44. The smallest absolute Gasteiger partial charge is 0.269 e. The lowest BCUT2D eigenvalue weighted by molar-refractivity contribution is 0.433. The third kappa shape index (κ3) is 2.29. The highest BCUT2D eigenvalue weighted by Crippen LogP contribution is 2.41. The Morgan fingerprint density at radius 2 is 1.96 bits per heavy atom. The molecule has 0 radical (unpaired) electrons. The first-order valence-electron chi connectivity index (χ1n) is 7.01. The van der Waals surface area contributed by atoms with Gasteiger partial charge in [0, 0.05) is 21.3 Å². The average Bonchev–Trinajstić information content (AvgIpc) is 3.16. The first kappa shape index (κ1) is 14.2. The second kappa shape index (κ2) is 5.37.